The van der Waals surface area contributed by atoms with E-state index in [0.29, 0.717) is 28.0 Å². The number of pyridine rings is 1. The van der Waals surface area contributed by atoms with Crippen molar-refractivity contribution < 1.29 is 9.53 Å². The van der Waals surface area contributed by atoms with E-state index >= 15 is 0 Å². The minimum absolute atomic E-state index is 0.0827. The first-order chi connectivity index (χ1) is 15.3. The molecule has 32 heavy (non-hydrogen) atoms. The number of ether oxygens (including phenoxy) is 1. The smallest absolute Gasteiger partial charge is 0.276 e. The van der Waals surface area contributed by atoms with Crippen LogP contribution in [0.2, 0.25) is 0 Å². The number of para-hydroxylation sites is 3. The van der Waals surface area contributed by atoms with Gasteiger partial charge in [0.2, 0.25) is 0 Å². The molecule has 2 N–H and O–H groups in total. The van der Waals surface area contributed by atoms with Gasteiger partial charge in [-0.2, -0.15) is 5.26 Å². The summed E-state index contributed by atoms with van der Waals surface area (Å²) in [4.78, 5) is 33.4. The second kappa shape index (κ2) is 8.08. The highest BCUT2D eigenvalue weighted by atomic mass is 16.5. The number of fused-ring (bicyclic) bond motifs is 1. The number of carbonyl (C=O) groups is 1. The van der Waals surface area contributed by atoms with E-state index in [1.807, 2.05) is 18.2 Å². The van der Waals surface area contributed by atoms with Crippen LogP contribution in [0.4, 0.5) is 5.69 Å². The van der Waals surface area contributed by atoms with Gasteiger partial charge in [-0.25, -0.2) is 0 Å². The van der Waals surface area contributed by atoms with E-state index in [9.17, 15) is 14.9 Å². The number of nitriles is 1. The van der Waals surface area contributed by atoms with Crippen LogP contribution >= 0.6 is 0 Å². The predicted octanol–water partition coefficient (Wildman–Crippen LogP) is 4.91. The third-order valence-corrected chi connectivity index (χ3v) is 5.23. The molecule has 0 bridgehead atoms. The quantitative estimate of drug-likeness (QED) is 0.473. The molecule has 0 spiro atoms. The number of rotatable bonds is 5. The van der Waals surface area contributed by atoms with Crippen LogP contribution in [0.15, 0.2) is 71.7 Å². The second-order valence-corrected chi connectivity index (χ2v) is 7.95. The van der Waals surface area contributed by atoms with E-state index in [0.717, 1.165) is 5.69 Å². The number of hydrogen-bond acceptors (Lipinski definition) is 4. The summed E-state index contributed by atoms with van der Waals surface area (Å²) in [7, 11) is 0. The number of benzene rings is 2. The monoisotopic (exact) mass is 426 g/mol. The van der Waals surface area contributed by atoms with Gasteiger partial charge in [-0.3, -0.25) is 14.5 Å². The maximum Gasteiger partial charge on any atom is 0.276 e. The highest BCUT2D eigenvalue weighted by Gasteiger charge is 2.35. The molecule has 2 aromatic carbocycles. The van der Waals surface area contributed by atoms with E-state index in [1.54, 1.807) is 69.4 Å². The van der Waals surface area contributed by atoms with E-state index < -0.39 is 11.4 Å². The van der Waals surface area contributed by atoms with Crippen molar-refractivity contribution in [3.63, 3.8) is 0 Å². The van der Waals surface area contributed by atoms with Gasteiger partial charge in [0.05, 0.1) is 17.1 Å². The lowest BCUT2D eigenvalue weighted by atomic mass is 10.0. The van der Waals surface area contributed by atoms with Crippen molar-refractivity contribution in [1.82, 2.24) is 9.97 Å². The van der Waals surface area contributed by atoms with Crippen molar-refractivity contribution >= 4 is 22.4 Å². The van der Waals surface area contributed by atoms with Crippen molar-refractivity contribution in [3.05, 3.63) is 88.6 Å². The van der Waals surface area contributed by atoms with Gasteiger partial charge in [-0.1, -0.05) is 30.3 Å². The van der Waals surface area contributed by atoms with Crippen LogP contribution in [-0.4, -0.2) is 21.4 Å². The number of aryl methyl sites for hydroxylation is 1. The van der Waals surface area contributed by atoms with Crippen molar-refractivity contribution in [1.29, 1.82) is 5.26 Å². The van der Waals surface area contributed by atoms with Crippen LogP contribution in [0, 0.1) is 18.3 Å². The number of carbonyl (C=O) groups excluding carboxylic acids is 1. The Labute approximate surface area is 184 Å². The van der Waals surface area contributed by atoms with E-state index in [2.05, 4.69) is 16.0 Å². The molecule has 0 radical (unpaired) electrons. The first-order valence-corrected chi connectivity index (χ1v) is 10.1. The minimum atomic E-state index is -1.23. The van der Waals surface area contributed by atoms with Crippen molar-refractivity contribution in [2.24, 2.45) is 0 Å². The fourth-order valence-corrected chi connectivity index (χ4v) is 3.63. The van der Waals surface area contributed by atoms with E-state index in [-0.39, 0.29) is 11.3 Å². The molecular weight excluding hydrogens is 404 g/mol. The Morgan fingerprint density at radius 1 is 1.09 bits per heavy atom. The fourth-order valence-electron chi connectivity index (χ4n) is 3.63. The molecule has 0 saturated carbocycles. The average Bonchev–Trinajstić information content (AvgIpc) is 3.17. The van der Waals surface area contributed by atoms with Gasteiger partial charge in [0.1, 0.15) is 17.0 Å². The molecule has 1 amide bonds. The zero-order valence-corrected chi connectivity index (χ0v) is 18.0. The predicted molar refractivity (Wildman–Crippen MR) is 123 cm³/mol. The van der Waals surface area contributed by atoms with Gasteiger partial charge in [0, 0.05) is 17.3 Å². The Morgan fingerprint density at radius 3 is 2.50 bits per heavy atom. The van der Waals surface area contributed by atoms with Crippen LogP contribution in [0.25, 0.3) is 10.8 Å². The molecule has 7 heteroatoms. The summed E-state index contributed by atoms with van der Waals surface area (Å²) in [6, 6.07) is 20.0. The summed E-state index contributed by atoms with van der Waals surface area (Å²) in [6.07, 6.45) is 1.68. The fraction of sp³-hybridized carbons (Fsp3) is 0.160. The summed E-state index contributed by atoms with van der Waals surface area (Å²) >= 11 is 0. The number of nitrogens with one attached hydrogen (secondary N) is 2. The average molecular weight is 426 g/mol. The van der Waals surface area contributed by atoms with Gasteiger partial charge in [-0.15, -0.1) is 0 Å². The lowest BCUT2D eigenvalue weighted by Gasteiger charge is -2.34. The number of anilines is 1. The van der Waals surface area contributed by atoms with Crippen LogP contribution in [0.3, 0.4) is 0 Å². The lowest BCUT2D eigenvalue weighted by Crippen LogP contribution is -2.48. The minimum Gasteiger partial charge on any atom is -0.455 e. The van der Waals surface area contributed by atoms with Crippen LogP contribution in [0.1, 0.15) is 30.0 Å². The first-order valence-electron chi connectivity index (χ1n) is 10.1. The molecule has 0 saturated heterocycles. The topological polar surface area (TPSA) is 102 Å². The summed E-state index contributed by atoms with van der Waals surface area (Å²) in [5.41, 5.74) is -0.379. The highest BCUT2D eigenvalue weighted by Crippen LogP contribution is 2.36. The molecule has 2 heterocycles. The zero-order valence-electron chi connectivity index (χ0n) is 18.0. The molecular formula is C25H22N4O3. The Morgan fingerprint density at radius 2 is 1.78 bits per heavy atom. The molecule has 0 fully saturated rings. The molecule has 7 nitrogen and oxygen atoms in total. The number of nitrogens with zero attached hydrogens (tertiary/aromatic N) is 2. The van der Waals surface area contributed by atoms with Crippen molar-refractivity contribution in [3.8, 4) is 17.6 Å². The third-order valence-electron chi connectivity index (χ3n) is 5.23. The first kappa shape index (κ1) is 20.9. The number of amides is 1. The molecule has 4 rings (SSSR count). The lowest BCUT2D eigenvalue weighted by molar-refractivity contribution is 0.0966. The molecule has 0 aliphatic carbocycles. The van der Waals surface area contributed by atoms with Gasteiger partial charge < -0.3 is 14.7 Å². The zero-order chi connectivity index (χ0) is 22.9. The Balaban J connectivity index is 1.84. The molecule has 4 aromatic rings. The Kier molecular flexibility index (Phi) is 5.29. The number of aromatic amines is 2. The summed E-state index contributed by atoms with van der Waals surface area (Å²) < 4.78 is 6.03. The second-order valence-electron chi connectivity index (χ2n) is 7.95. The van der Waals surface area contributed by atoms with E-state index in [1.165, 1.54) is 4.90 Å². The van der Waals surface area contributed by atoms with Gasteiger partial charge in [0.25, 0.3) is 11.5 Å². The number of H-pyrrole nitrogens is 2. The molecule has 0 atom stereocenters. The number of hydrogen-bond donors (Lipinski definition) is 2. The molecule has 2 aromatic heterocycles. The van der Waals surface area contributed by atoms with Crippen LogP contribution in [-0.2, 0) is 0 Å². The van der Waals surface area contributed by atoms with Crippen LogP contribution < -0.4 is 15.2 Å². The third kappa shape index (κ3) is 3.74. The van der Waals surface area contributed by atoms with Crippen LogP contribution in [0.5, 0.6) is 11.5 Å². The largest absolute Gasteiger partial charge is 0.455 e. The van der Waals surface area contributed by atoms with E-state index in [4.69, 9.17) is 4.74 Å². The Bertz CT molecular complexity index is 1390. The standard InChI is InChI=1S/C25H22N4O3/c1-16-22-17(14-27-16)13-19(28-23(22)30)24(31)29(25(2,3)15-26)20-11-7-8-12-21(20)32-18-9-5-4-6-10-18/h4-14,27H,1-3H3,(H,28,30). The highest BCUT2D eigenvalue weighted by molar-refractivity contribution is 6.08. The SMILES string of the molecule is Cc1[nH]cc2cc(C(=O)N(c3ccccc3Oc3ccccc3)C(C)(C)C#N)[nH]c(=O)c12. The maximum atomic E-state index is 13.7. The maximum absolute atomic E-state index is 13.7. The number of aromatic nitrogens is 2. The normalized spacial score (nSPS) is 11.2. The summed E-state index contributed by atoms with van der Waals surface area (Å²) in [6.45, 7) is 5.07. The molecule has 160 valence electrons. The molecule has 0 unspecified atom stereocenters. The van der Waals surface area contributed by atoms with Gasteiger partial charge in [-0.05, 0) is 51.1 Å². The Hall–Kier alpha value is -4.31. The van der Waals surface area contributed by atoms with Crippen molar-refractivity contribution in [2.45, 2.75) is 26.3 Å². The summed E-state index contributed by atoms with van der Waals surface area (Å²) in [5, 5.41) is 11.0. The van der Waals surface area contributed by atoms with Gasteiger partial charge in [0.15, 0.2) is 5.75 Å². The molecule has 0 aliphatic rings. The molecule has 0 aliphatic heterocycles. The van der Waals surface area contributed by atoms with Crippen molar-refractivity contribution in [2.75, 3.05) is 4.90 Å². The van der Waals surface area contributed by atoms with Gasteiger partial charge >= 0.3 is 0 Å². The summed E-state index contributed by atoms with van der Waals surface area (Å²) in [5.74, 6) is 0.495.